The fourth-order valence-corrected chi connectivity index (χ4v) is 1.19. The summed E-state index contributed by atoms with van der Waals surface area (Å²) in [4.78, 5) is 15.1. The van der Waals surface area contributed by atoms with Gasteiger partial charge in [0, 0.05) is 6.54 Å². The minimum atomic E-state index is -0.520. The van der Waals surface area contributed by atoms with Crippen LogP contribution in [0.2, 0.25) is 0 Å². The highest BCUT2D eigenvalue weighted by Crippen LogP contribution is 2.14. The molecule has 0 aliphatic rings. The first kappa shape index (κ1) is 11.3. The Morgan fingerprint density at radius 1 is 1.60 bits per heavy atom. The van der Waals surface area contributed by atoms with Gasteiger partial charge in [0.1, 0.15) is 5.82 Å². The summed E-state index contributed by atoms with van der Waals surface area (Å²) in [6, 6.07) is 1.53. The Hall–Kier alpha value is -1.78. The maximum atomic E-state index is 11.1. The van der Waals surface area contributed by atoms with Crippen molar-refractivity contribution < 1.29 is 4.79 Å². The highest BCUT2D eigenvalue weighted by Gasteiger charge is 2.09. The number of nitrogens with zero attached hydrogens (tertiary/aromatic N) is 1. The molecule has 0 aliphatic heterocycles. The molecule has 1 heterocycles. The number of carbonyl (C=O) groups excluding carboxylic acids is 1. The Kier molecular flexibility index (Phi) is 3.91. The van der Waals surface area contributed by atoms with Crippen LogP contribution in [-0.2, 0) is 0 Å². The van der Waals surface area contributed by atoms with E-state index >= 15 is 0 Å². The molecular weight excluding hydrogens is 192 g/mol. The molecule has 0 atom stereocenters. The summed E-state index contributed by atoms with van der Waals surface area (Å²) in [6.07, 6.45) is 3.60. The first-order chi connectivity index (χ1) is 7.15. The van der Waals surface area contributed by atoms with Crippen LogP contribution in [0.5, 0.6) is 0 Å². The van der Waals surface area contributed by atoms with E-state index in [1.165, 1.54) is 12.3 Å². The van der Waals surface area contributed by atoms with E-state index in [0.717, 1.165) is 19.4 Å². The van der Waals surface area contributed by atoms with Gasteiger partial charge in [0.05, 0.1) is 17.4 Å². The van der Waals surface area contributed by atoms with Crippen LogP contribution in [0.4, 0.5) is 11.5 Å². The van der Waals surface area contributed by atoms with Crippen molar-refractivity contribution in [2.75, 3.05) is 17.6 Å². The minimum absolute atomic E-state index is 0.339. The zero-order valence-corrected chi connectivity index (χ0v) is 8.79. The van der Waals surface area contributed by atoms with E-state index in [-0.39, 0.29) is 0 Å². The van der Waals surface area contributed by atoms with Crippen LogP contribution in [0.3, 0.4) is 0 Å². The third kappa shape index (κ3) is 3.12. The van der Waals surface area contributed by atoms with Crippen molar-refractivity contribution in [3.63, 3.8) is 0 Å². The molecule has 0 saturated carbocycles. The SMILES string of the molecule is CCCCNc1ncc(N)cc1C(N)=O. The minimum Gasteiger partial charge on any atom is -0.397 e. The Bertz CT molecular complexity index is 351. The molecular formula is C10H16N4O. The van der Waals surface area contributed by atoms with Crippen molar-refractivity contribution in [2.24, 2.45) is 5.73 Å². The average molecular weight is 208 g/mol. The molecule has 15 heavy (non-hydrogen) atoms. The largest absolute Gasteiger partial charge is 0.397 e. The Balaban J connectivity index is 2.81. The number of nitrogens with one attached hydrogen (secondary N) is 1. The fraction of sp³-hybridized carbons (Fsp3) is 0.400. The van der Waals surface area contributed by atoms with E-state index in [1.54, 1.807) is 0 Å². The molecule has 1 aromatic rings. The van der Waals surface area contributed by atoms with Gasteiger partial charge in [-0.05, 0) is 12.5 Å². The van der Waals surface area contributed by atoms with Gasteiger partial charge in [0.2, 0.25) is 0 Å². The molecule has 5 N–H and O–H groups in total. The van der Waals surface area contributed by atoms with Crippen molar-refractivity contribution in [2.45, 2.75) is 19.8 Å². The van der Waals surface area contributed by atoms with Gasteiger partial charge >= 0.3 is 0 Å². The fourth-order valence-electron chi connectivity index (χ4n) is 1.19. The predicted octanol–water partition coefficient (Wildman–Crippen LogP) is 0.975. The zero-order valence-electron chi connectivity index (χ0n) is 8.79. The summed E-state index contributed by atoms with van der Waals surface area (Å²) in [7, 11) is 0. The molecule has 1 aromatic heterocycles. The van der Waals surface area contributed by atoms with E-state index in [1.807, 2.05) is 0 Å². The van der Waals surface area contributed by atoms with Crippen molar-refractivity contribution in [1.82, 2.24) is 4.98 Å². The monoisotopic (exact) mass is 208 g/mol. The van der Waals surface area contributed by atoms with Crippen molar-refractivity contribution in [1.29, 1.82) is 0 Å². The molecule has 0 aliphatic carbocycles. The molecule has 0 radical (unpaired) electrons. The highest BCUT2D eigenvalue weighted by molar-refractivity contribution is 5.98. The topological polar surface area (TPSA) is 94.0 Å². The molecule has 0 unspecified atom stereocenters. The molecule has 1 amide bonds. The second-order valence-corrected chi connectivity index (χ2v) is 3.31. The maximum absolute atomic E-state index is 11.1. The van der Waals surface area contributed by atoms with E-state index in [9.17, 15) is 4.79 Å². The number of anilines is 2. The molecule has 5 heteroatoms. The standard InChI is InChI=1S/C10H16N4O/c1-2-3-4-13-10-8(9(12)15)5-7(11)6-14-10/h5-6H,2-4,11H2,1H3,(H2,12,15)(H,13,14). The Labute approximate surface area is 88.9 Å². The normalized spacial score (nSPS) is 9.93. The summed E-state index contributed by atoms with van der Waals surface area (Å²) in [5.74, 6) is -0.0149. The van der Waals surface area contributed by atoms with E-state index in [0.29, 0.717) is 17.1 Å². The van der Waals surface area contributed by atoms with E-state index < -0.39 is 5.91 Å². The lowest BCUT2D eigenvalue weighted by Crippen LogP contribution is -2.16. The molecule has 0 bridgehead atoms. The first-order valence-corrected chi connectivity index (χ1v) is 4.94. The molecule has 82 valence electrons. The second-order valence-electron chi connectivity index (χ2n) is 3.31. The summed E-state index contributed by atoms with van der Waals surface area (Å²) in [5, 5.41) is 3.06. The van der Waals surface area contributed by atoms with Crippen molar-refractivity contribution >= 4 is 17.4 Å². The number of aromatic nitrogens is 1. The van der Waals surface area contributed by atoms with Gasteiger partial charge in [0.15, 0.2) is 0 Å². The molecule has 1 rings (SSSR count). The quantitative estimate of drug-likeness (QED) is 0.628. The molecule has 0 saturated heterocycles. The van der Waals surface area contributed by atoms with Crippen LogP contribution < -0.4 is 16.8 Å². The van der Waals surface area contributed by atoms with Crippen molar-refractivity contribution in [3.05, 3.63) is 17.8 Å². The maximum Gasteiger partial charge on any atom is 0.252 e. The first-order valence-electron chi connectivity index (χ1n) is 4.94. The van der Waals surface area contributed by atoms with Crippen LogP contribution in [-0.4, -0.2) is 17.4 Å². The number of nitrogens with two attached hydrogens (primary N) is 2. The smallest absolute Gasteiger partial charge is 0.252 e. The number of hydrogen-bond acceptors (Lipinski definition) is 4. The summed E-state index contributed by atoms with van der Waals surface area (Å²) < 4.78 is 0. The lowest BCUT2D eigenvalue weighted by Gasteiger charge is -2.08. The van der Waals surface area contributed by atoms with Gasteiger partial charge in [-0.2, -0.15) is 0 Å². The highest BCUT2D eigenvalue weighted by atomic mass is 16.1. The Morgan fingerprint density at radius 3 is 2.93 bits per heavy atom. The second kappa shape index (κ2) is 5.19. The van der Waals surface area contributed by atoms with E-state index in [2.05, 4.69) is 17.2 Å². The number of amides is 1. The van der Waals surface area contributed by atoms with Crippen LogP contribution in [0.1, 0.15) is 30.1 Å². The summed E-state index contributed by atoms with van der Waals surface area (Å²) in [6.45, 7) is 2.86. The molecule has 0 spiro atoms. The van der Waals surface area contributed by atoms with Gasteiger partial charge < -0.3 is 16.8 Å². The third-order valence-corrected chi connectivity index (χ3v) is 2.00. The number of primary amides is 1. The Morgan fingerprint density at radius 2 is 2.33 bits per heavy atom. The number of carbonyl (C=O) groups is 1. The third-order valence-electron chi connectivity index (χ3n) is 2.00. The van der Waals surface area contributed by atoms with Gasteiger partial charge in [-0.1, -0.05) is 13.3 Å². The van der Waals surface area contributed by atoms with Crippen LogP contribution in [0.15, 0.2) is 12.3 Å². The van der Waals surface area contributed by atoms with Gasteiger partial charge in [-0.25, -0.2) is 4.98 Å². The van der Waals surface area contributed by atoms with E-state index in [4.69, 9.17) is 11.5 Å². The molecule has 5 nitrogen and oxygen atoms in total. The number of hydrogen-bond donors (Lipinski definition) is 3. The molecule has 0 fully saturated rings. The van der Waals surface area contributed by atoms with Gasteiger partial charge in [-0.3, -0.25) is 4.79 Å². The zero-order chi connectivity index (χ0) is 11.3. The lowest BCUT2D eigenvalue weighted by molar-refractivity contribution is 0.100. The van der Waals surface area contributed by atoms with Gasteiger partial charge in [-0.15, -0.1) is 0 Å². The number of rotatable bonds is 5. The lowest BCUT2D eigenvalue weighted by atomic mass is 10.2. The summed E-state index contributed by atoms with van der Waals surface area (Å²) in [5.41, 5.74) is 11.5. The number of pyridine rings is 1. The summed E-state index contributed by atoms with van der Waals surface area (Å²) >= 11 is 0. The number of nitrogen functional groups attached to an aromatic ring is 1. The van der Waals surface area contributed by atoms with Crippen molar-refractivity contribution in [3.8, 4) is 0 Å². The van der Waals surface area contributed by atoms with Crippen LogP contribution in [0.25, 0.3) is 0 Å². The average Bonchev–Trinajstić information content (AvgIpc) is 2.20. The number of unbranched alkanes of at least 4 members (excludes halogenated alkanes) is 1. The predicted molar refractivity (Wildman–Crippen MR) is 60.6 cm³/mol. The van der Waals surface area contributed by atoms with Crippen LogP contribution >= 0.6 is 0 Å². The van der Waals surface area contributed by atoms with Crippen LogP contribution in [0, 0.1) is 0 Å². The van der Waals surface area contributed by atoms with Gasteiger partial charge in [0.25, 0.3) is 5.91 Å². The molecule has 0 aromatic carbocycles.